The predicted octanol–water partition coefficient (Wildman–Crippen LogP) is 1.37. The Bertz CT molecular complexity index is 558. The lowest BCUT2D eigenvalue weighted by Gasteiger charge is -2.33. The highest BCUT2D eigenvalue weighted by molar-refractivity contribution is 5.99. The molecule has 1 aromatic rings. The maximum absolute atomic E-state index is 13.0. The first kappa shape index (κ1) is 16.2. The van der Waals surface area contributed by atoms with Gasteiger partial charge in [-0.2, -0.15) is 0 Å². The smallest absolute Gasteiger partial charge is 0.257 e. The van der Waals surface area contributed by atoms with Crippen molar-refractivity contribution in [1.82, 2.24) is 14.8 Å². The Labute approximate surface area is 137 Å². The van der Waals surface area contributed by atoms with Gasteiger partial charge in [-0.15, -0.1) is 0 Å². The second kappa shape index (κ2) is 7.27. The SMILES string of the molecule is CNc1nc(C)ccc1C(=O)N1CCC[C@@H]1CN1CCOCC1. The van der Waals surface area contributed by atoms with E-state index in [4.69, 9.17) is 4.74 Å². The van der Waals surface area contributed by atoms with Gasteiger partial charge in [-0.25, -0.2) is 4.98 Å². The molecule has 1 atom stereocenters. The molecule has 0 bridgehead atoms. The third kappa shape index (κ3) is 3.64. The molecule has 1 N–H and O–H groups in total. The van der Waals surface area contributed by atoms with Crippen LogP contribution < -0.4 is 5.32 Å². The number of carbonyl (C=O) groups is 1. The van der Waals surface area contributed by atoms with E-state index < -0.39 is 0 Å². The van der Waals surface area contributed by atoms with Crippen LogP contribution in [0.5, 0.6) is 0 Å². The van der Waals surface area contributed by atoms with Gasteiger partial charge in [0.05, 0.1) is 18.8 Å². The van der Waals surface area contributed by atoms with Crippen LogP contribution in [-0.2, 0) is 4.74 Å². The Morgan fingerprint density at radius 1 is 1.35 bits per heavy atom. The minimum atomic E-state index is 0.0950. The molecule has 0 aromatic carbocycles. The minimum Gasteiger partial charge on any atom is -0.379 e. The number of anilines is 1. The molecule has 0 saturated carbocycles. The van der Waals surface area contributed by atoms with Gasteiger partial charge in [0, 0.05) is 45.0 Å². The number of nitrogens with one attached hydrogen (secondary N) is 1. The summed E-state index contributed by atoms with van der Waals surface area (Å²) in [4.78, 5) is 21.9. The number of rotatable bonds is 4. The molecule has 2 aliphatic heterocycles. The summed E-state index contributed by atoms with van der Waals surface area (Å²) in [6, 6.07) is 4.09. The fraction of sp³-hybridized carbons (Fsp3) is 0.647. The highest BCUT2D eigenvalue weighted by atomic mass is 16.5. The molecule has 0 spiro atoms. The minimum absolute atomic E-state index is 0.0950. The number of aromatic nitrogens is 1. The van der Waals surface area contributed by atoms with Crippen molar-refractivity contribution in [1.29, 1.82) is 0 Å². The molecule has 2 aliphatic rings. The van der Waals surface area contributed by atoms with Gasteiger partial charge in [0.1, 0.15) is 5.82 Å². The van der Waals surface area contributed by atoms with E-state index in [1.54, 1.807) is 0 Å². The summed E-state index contributed by atoms with van der Waals surface area (Å²) in [5.41, 5.74) is 1.59. The number of aryl methyl sites for hydroxylation is 1. The van der Waals surface area contributed by atoms with E-state index in [2.05, 4.69) is 15.2 Å². The molecule has 0 radical (unpaired) electrons. The molecule has 126 valence electrons. The van der Waals surface area contributed by atoms with Crippen LogP contribution >= 0.6 is 0 Å². The van der Waals surface area contributed by atoms with E-state index in [0.29, 0.717) is 17.4 Å². The summed E-state index contributed by atoms with van der Waals surface area (Å²) in [6.07, 6.45) is 2.16. The van der Waals surface area contributed by atoms with Crippen molar-refractivity contribution in [3.63, 3.8) is 0 Å². The number of morpholine rings is 1. The lowest BCUT2D eigenvalue weighted by atomic mass is 10.1. The molecule has 1 aromatic heterocycles. The van der Waals surface area contributed by atoms with Crippen LogP contribution in [0.15, 0.2) is 12.1 Å². The van der Waals surface area contributed by atoms with Crippen LogP contribution in [0.3, 0.4) is 0 Å². The van der Waals surface area contributed by atoms with Gasteiger partial charge in [0.2, 0.25) is 0 Å². The molecule has 6 heteroatoms. The average Bonchev–Trinajstić information content (AvgIpc) is 3.03. The molecule has 3 rings (SSSR count). The Hall–Kier alpha value is -1.66. The van der Waals surface area contributed by atoms with Gasteiger partial charge in [-0.3, -0.25) is 9.69 Å². The second-order valence-electron chi connectivity index (χ2n) is 6.31. The van der Waals surface area contributed by atoms with Gasteiger partial charge in [-0.1, -0.05) is 0 Å². The fourth-order valence-corrected chi connectivity index (χ4v) is 3.45. The van der Waals surface area contributed by atoms with Crippen LogP contribution in [0, 0.1) is 6.92 Å². The molecule has 3 heterocycles. The van der Waals surface area contributed by atoms with Crippen LogP contribution in [0.4, 0.5) is 5.82 Å². The highest BCUT2D eigenvalue weighted by Crippen LogP contribution is 2.24. The predicted molar refractivity (Wildman–Crippen MR) is 89.8 cm³/mol. The monoisotopic (exact) mass is 318 g/mol. The highest BCUT2D eigenvalue weighted by Gasteiger charge is 2.32. The number of pyridine rings is 1. The lowest BCUT2D eigenvalue weighted by Crippen LogP contribution is -2.46. The van der Waals surface area contributed by atoms with Crippen LogP contribution in [0.1, 0.15) is 28.9 Å². The van der Waals surface area contributed by atoms with Gasteiger partial charge < -0.3 is 15.0 Å². The molecule has 2 saturated heterocycles. The maximum atomic E-state index is 13.0. The zero-order valence-corrected chi connectivity index (χ0v) is 14.0. The molecule has 0 aliphatic carbocycles. The molecule has 0 unspecified atom stereocenters. The Kier molecular flexibility index (Phi) is 5.13. The summed E-state index contributed by atoms with van der Waals surface area (Å²) in [7, 11) is 1.81. The third-order valence-electron chi connectivity index (χ3n) is 4.71. The average molecular weight is 318 g/mol. The molecule has 23 heavy (non-hydrogen) atoms. The van der Waals surface area contributed by atoms with Crippen molar-refractivity contribution >= 4 is 11.7 Å². The van der Waals surface area contributed by atoms with Gasteiger partial charge in [-0.05, 0) is 31.9 Å². The molecule has 1 amide bonds. The topological polar surface area (TPSA) is 57.7 Å². The maximum Gasteiger partial charge on any atom is 0.257 e. The lowest BCUT2D eigenvalue weighted by molar-refractivity contribution is 0.0261. The number of ether oxygens (including phenoxy) is 1. The normalized spacial score (nSPS) is 22.3. The van der Waals surface area contributed by atoms with E-state index in [0.717, 1.165) is 57.9 Å². The van der Waals surface area contributed by atoms with Crippen molar-refractivity contribution in [2.45, 2.75) is 25.8 Å². The van der Waals surface area contributed by atoms with Crippen molar-refractivity contribution < 1.29 is 9.53 Å². The first-order valence-corrected chi connectivity index (χ1v) is 8.45. The zero-order valence-electron chi connectivity index (χ0n) is 14.0. The number of hydrogen-bond acceptors (Lipinski definition) is 5. The van der Waals surface area contributed by atoms with Gasteiger partial charge in [0.15, 0.2) is 0 Å². The largest absolute Gasteiger partial charge is 0.379 e. The van der Waals surface area contributed by atoms with Crippen LogP contribution in [0.2, 0.25) is 0 Å². The second-order valence-corrected chi connectivity index (χ2v) is 6.31. The molecule has 6 nitrogen and oxygen atoms in total. The van der Waals surface area contributed by atoms with Crippen LogP contribution in [0.25, 0.3) is 0 Å². The van der Waals surface area contributed by atoms with Gasteiger partial charge >= 0.3 is 0 Å². The Balaban J connectivity index is 1.72. The van der Waals surface area contributed by atoms with E-state index in [-0.39, 0.29) is 5.91 Å². The molecular formula is C17H26N4O2. The fourth-order valence-electron chi connectivity index (χ4n) is 3.45. The number of nitrogens with zero attached hydrogens (tertiary/aromatic N) is 3. The number of hydrogen-bond donors (Lipinski definition) is 1. The van der Waals surface area contributed by atoms with Crippen LogP contribution in [-0.4, -0.2) is 73.2 Å². The number of likely N-dealkylation sites (tertiary alicyclic amines) is 1. The number of amides is 1. The van der Waals surface area contributed by atoms with Crippen molar-refractivity contribution in [3.8, 4) is 0 Å². The van der Waals surface area contributed by atoms with Gasteiger partial charge in [0.25, 0.3) is 5.91 Å². The summed E-state index contributed by atoms with van der Waals surface area (Å²) >= 11 is 0. The quantitative estimate of drug-likeness (QED) is 0.909. The molecule has 2 fully saturated rings. The first-order valence-electron chi connectivity index (χ1n) is 8.45. The summed E-state index contributed by atoms with van der Waals surface area (Å²) in [5.74, 6) is 0.768. The first-order chi connectivity index (χ1) is 11.2. The van der Waals surface area contributed by atoms with E-state index >= 15 is 0 Å². The van der Waals surface area contributed by atoms with Crippen molar-refractivity contribution in [3.05, 3.63) is 23.4 Å². The molecular weight excluding hydrogens is 292 g/mol. The van der Waals surface area contributed by atoms with E-state index in [9.17, 15) is 4.79 Å². The standard InChI is InChI=1S/C17H26N4O2/c1-13-5-6-15(16(18-2)19-13)17(22)21-7-3-4-14(21)12-20-8-10-23-11-9-20/h5-6,14H,3-4,7-12H2,1-2H3,(H,18,19)/t14-/m1/s1. The summed E-state index contributed by atoms with van der Waals surface area (Å²) in [6.45, 7) is 7.25. The third-order valence-corrected chi connectivity index (χ3v) is 4.71. The zero-order chi connectivity index (χ0) is 16.2. The Morgan fingerprint density at radius 2 is 2.13 bits per heavy atom. The number of carbonyl (C=O) groups excluding carboxylic acids is 1. The summed E-state index contributed by atoms with van der Waals surface area (Å²) in [5, 5.41) is 3.05. The van der Waals surface area contributed by atoms with Crippen molar-refractivity contribution in [2.75, 3.05) is 51.8 Å². The van der Waals surface area contributed by atoms with Crippen molar-refractivity contribution in [2.24, 2.45) is 0 Å². The Morgan fingerprint density at radius 3 is 2.87 bits per heavy atom. The van der Waals surface area contributed by atoms with E-state index in [1.807, 2.05) is 31.0 Å². The summed E-state index contributed by atoms with van der Waals surface area (Å²) < 4.78 is 5.41. The van der Waals surface area contributed by atoms with E-state index in [1.165, 1.54) is 0 Å².